The molecule has 5 rings (SSSR count). The molecule has 0 spiro atoms. The van der Waals surface area contributed by atoms with Crippen molar-refractivity contribution in [3.63, 3.8) is 0 Å². The molecule has 1 saturated carbocycles. The van der Waals surface area contributed by atoms with Gasteiger partial charge in [-0.3, -0.25) is 9.59 Å². The van der Waals surface area contributed by atoms with Crippen molar-refractivity contribution in [3.8, 4) is 22.6 Å². The molecule has 3 aromatic rings. The number of allylic oxidation sites excluding steroid dienone is 1. The highest BCUT2D eigenvalue weighted by Crippen LogP contribution is 2.45. The topological polar surface area (TPSA) is 148 Å². The van der Waals surface area contributed by atoms with Gasteiger partial charge in [0.15, 0.2) is 0 Å². The van der Waals surface area contributed by atoms with E-state index in [1.807, 2.05) is 6.08 Å². The number of carboxylic acids is 1. The van der Waals surface area contributed by atoms with Crippen LogP contribution in [0.25, 0.3) is 11.1 Å². The van der Waals surface area contributed by atoms with Crippen LogP contribution in [0.2, 0.25) is 0 Å². The number of alkyl halides is 3. The molecule has 15 heteroatoms. The van der Waals surface area contributed by atoms with Gasteiger partial charge in [-0.15, -0.1) is 0 Å². The Balaban J connectivity index is 1.42. The first-order valence-corrected chi connectivity index (χ1v) is 15.1. The van der Waals surface area contributed by atoms with Gasteiger partial charge >= 0.3 is 11.5 Å². The lowest BCUT2D eigenvalue weighted by Crippen LogP contribution is -2.47. The van der Waals surface area contributed by atoms with Crippen LogP contribution in [0.4, 0.5) is 23.2 Å². The van der Waals surface area contributed by atoms with Gasteiger partial charge in [0.2, 0.25) is 5.91 Å². The van der Waals surface area contributed by atoms with E-state index in [0.717, 1.165) is 18.2 Å². The molecule has 242 valence electrons. The molecule has 2 amide bonds. The molecule has 0 aliphatic heterocycles. The molecule has 0 saturated heterocycles. The third-order valence-electron chi connectivity index (χ3n) is 8.05. The van der Waals surface area contributed by atoms with E-state index < -0.39 is 55.8 Å². The number of nitrogens with one attached hydrogen (secondary N) is 2. The third kappa shape index (κ3) is 5.89. The Hall–Kier alpha value is -4.92. The predicted octanol–water partition coefficient (Wildman–Crippen LogP) is 5.06. The minimum absolute atomic E-state index is 0.0468. The molecule has 3 aromatic carbocycles. The number of amides is 2. The summed E-state index contributed by atoms with van der Waals surface area (Å²) in [5.74, 6) is -5.09. The van der Waals surface area contributed by atoms with Gasteiger partial charge in [0, 0.05) is 23.4 Å². The van der Waals surface area contributed by atoms with Crippen LogP contribution in [0.1, 0.15) is 27.1 Å². The standard InChI is InChI=1S/C31H26F4N2O8S/c1-44-24-9-8-15(11-22(24)30(40)41)20-13-21(25(45-2)14-23(20)32)28(38)37-27-17-7-6-16(10-17)26(27)29(39)36-18-4-3-5-19(12-18)46(42,43)31(33,34)35/h3-9,11-14,16-17,26-27H,10H2,1-2H3,(H,36,39)(H,37,38)(H,40,41)/t16-,17+,26+,27-/m0/s1. The number of hydrogen-bond donors (Lipinski definition) is 3. The minimum atomic E-state index is -5.66. The average molecular weight is 663 g/mol. The lowest BCUT2D eigenvalue weighted by molar-refractivity contribution is -0.121. The van der Waals surface area contributed by atoms with E-state index in [1.54, 1.807) is 6.08 Å². The first kappa shape index (κ1) is 32.5. The number of fused-ring (bicyclic) bond motifs is 2. The Morgan fingerprint density at radius 3 is 2.26 bits per heavy atom. The first-order chi connectivity index (χ1) is 21.7. The lowest BCUT2D eigenvalue weighted by Gasteiger charge is -2.28. The summed E-state index contributed by atoms with van der Waals surface area (Å²) in [7, 11) is -3.15. The first-order valence-electron chi connectivity index (χ1n) is 13.7. The minimum Gasteiger partial charge on any atom is -0.496 e. The molecule has 0 heterocycles. The molecular formula is C31H26F4N2O8S. The summed E-state index contributed by atoms with van der Waals surface area (Å²) >= 11 is 0. The fourth-order valence-corrected chi connectivity index (χ4v) is 6.68. The van der Waals surface area contributed by atoms with Crippen LogP contribution in [0.3, 0.4) is 0 Å². The summed E-state index contributed by atoms with van der Waals surface area (Å²) in [6.45, 7) is 0. The Morgan fingerprint density at radius 1 is 0.913 bits per heavy atom. The van der Waals surface area contributed by atoms with Gasteiger partial charge in [-0.2, -0.15) is 13.2 Å². The Morgan fingerprint density at radius 2 is 1.61 bits per heavy atom. The number of rotatable bonds is 9. The Kier molecular flexibility index (Phi) is 8.55. The number of hydrogen-bond acceptors (Lipinski definition) is 7. The summed E-state index contributed by atoms with van der Waals surface area (Å²) in [5, 5.41) is 14.8. The zero-order valence-electron chi connectivity index (χ0n) is 24.1. The van der Waals surface area contributed by atoms with Gasteiger partial charge in [-0.25, -0.2) is 17.6 Å². The zero-order chi connectivity index (χ0) is 33.6. The van der Waals surface area contributed by atoms with Crippen LogP contribution in [0.15, 0.2) is 71.6 Å². The lowest BCUT2D eigenvalue weighted by atomic mass is 9.87. The van der Waals surface area contributed by atoms with Crippen molar-refractivity contribution in [2.24, 2.45) is 17.8 Å². The monoisotopic (exact) mass is 662 g/mol. The van der Waals surface area contributed by atoms with Crippen LogP contribution >= 0.6 is 0 Å². The zero-order valence-corrected chi connectivity index (χ0v) is 24.9. The number of ether oxygens (including phenoxy) is 2. The van der Waals surface area contributed by atoms with Crippen molar-refractivity contribution < 1.29 is 54.9 Å². The number of carboxylic acid groups (broad SMARTS) is 1. The van der Waals surface area contributed by atoms with Gasteiger partial charge in [-0.05, 0) is 60.2 Å². The van der Waals surface area contributed by atoms with Gasteiger partial charge in [0.25, 0.3) is 15.7 Å². The maximum Gasteiger partial charge on any atom is 0.501 e. The maximum atomic E-state index is 15.2. The summed E-state index contributed by atoms with van der Waals surface area (Å²) in [6.07, 6.45) is 4.11. The second kappa shape index (κ2) is 12.1. The van der Waals surface area contributed by atoms with E-state index in [9.17, 15) is 41.1 Å². The molecule has 2 aliphatic carbocycles. The van der Waals surface area contributed by atoms with Crippen LogP contribution in [0.5, 0.6) is 11.5 Å². The molecule has 4 atom stereocenters. The Labute approximate surface area is 259 Å². The summed E-state index contributed by atoms with van der Waals surface area (Å²) in [6, 6.07) is 9.13. The number of anilines is 1. The molecule has 0 radical (unpaired) electrons. The molecular weight excluding hydrogens is 636 g/mol. The molecule has 46 heavy (non-hydrogen) atoms. The fraction of sp³-hybridized carbons (Fsp3) is 0.258. The van der Waals surface area contributed by atoms with Gasteiger partial charge in [0.05, 0.1) is 30.6 Å². The fourth-order valence-electron chi connectivity index (χ4n) is 5.87. The van der Waals surface area contributed by atoms with Crippen molar-refractivity contribution in [1.82, 2.24) is 5.32 Å². The summed E-state index contributed by atoms with van der Waals surface area (Å²) in [5.41, 5.74) is -6.02. The van der Waals surface area contributed by atoms with E-state index in [2.05, 4.69) is 10.6 Å². The number of sulfone groups is 1. The predicted molar refractivity (Wildman–Crippen MR) is 156 cm³/mol. The molecule has 3 N–H and O–H groups in total. The largest absolute Gasteiger partial charge is 0.501 e. The van der Waals surface area contributed by atoms with Gasteiger partial charge in [0.1, 0.15) is 22.9 Å². The van der Waals surface area contributed by atoms with Gasteiger partial charge < -0.3 is 25.2 Å². The molecule has 10 nitrogen and oxygen atoms in total. The summed E-state index contributed by atoms with van der Waals surface area (Å²) < 4.78 is 88.4. The normalized spacial score (nSPS) is 20.3. The van der Waals surface area contributed by atoms with E-state index in [4.69, 9.17) is 9.47 Å². The van der Waals surface area contributed by atoms with Crippen molar-refractivity contribution in [3.05, 3.63) is 83.7 Å². The summed E-state index contributed by atoms with van der Waals surface area (Å²) in [4.78, 5) is 37.8. The molecule has 2 bridgehead atoms. The number of halogens is 4. The van der Waals surface area contributed by atoms with Crippen molar-refractivity contribution in [1.29, 1.82) is 0 Å². The van der Waals surface area contributed by atoms with Crippen LogP contribution in [0, 0.1) is 23.6 Å². The van der Waals surface area contributed by atoms with Crippen molar-refractivity contribution in [2.75, 3.05) is 19.5 Å². The quantitative estimate of drug-likeness (QED) is 0.213. The number of carbonyl (C=O) groups is 3. The van der Waals surface area contributed by atoms with Crippen molar-refractivity contribution in [2.45, 2.75) is 22.9 Å². The number of aromatic carboxylic acids is 1. The second-order valence-corrected chi connectivity index (χ2v) is 12.6. The number of methoxy groups -OCH3 is 2. The maximum absolute atomic E-state index is 15.2. The third-order valence-corrected chi connectivity index (χ3v) is 9.53. The van der Waals surface area contributed by atoms with Crippen LogP contribution in [-0.4, -0.2) is 57.1 Å². The average Bonchev–Trinajstić information content (AvgIpc) is 3.62. The molecule has 2 aliphatic rings. The smallest absolute Gasteiger partial charge is 0.496 e. The molecule has 0 unspecified atom stereocenters. The molecule has 0 aromatic heterocycles. The number of benzene rings is 3. The highest BCUT2D eigenvalue weighted by molar-refractivity contribution is 7.92. The highest BCUT2D eigenvalue weighted by Gasteiger charge is 2.49. The van der Waals surface area contributed by atoms with E-state index in [0.29, 0.717) is 12.5 Å². The van der Waals surface area contributed by atoms with Crippen molar-refractivity contribution >= 4 is 33.3 Å². The SMILES string of the molecule is COc1ccc(-c2cc(C(=O)N[C@@H]3[C@H](C(=O)Nc4cccc(S(=O)(=O)C(F)(F)F)c4)[C@H]4C=C[C@@H]3C4)c(OC)cc2F)cc1C(=O)O. The Bertz CT molecular complexity index is 1880. The van der Waals surface area contributed by atoms with E-state index in [1.165, 1.54) is 44.6 Å². The highest BCUT2D eigenvalue weighted by atomic mass is 32.2. The van der Waals surface area contributed by atoms with Gasteiger partial charge in [-0.1, -0.05) is 24.3 Å². The van der Waals surface area contributed by atoms with Crippen LogP contribution < -0.4 is 20.1 Å². The van der Waals surface area contributed by atoms with E-state index >= 15 is 4.39 Å². The van der Waals surface area contributed by atoms with E-state index in [-0.39, 0.29) is 51.3 Å². The molecule has 1 fully saturated rings. The number of carbonyl (C=O) groups excluding carboxylic acids is 2. The second-order valence-electron chi connectivity index (χ2n) is 10.7. The van der Waals surface area contributed by atoms with Crippen LogP contribution in [-0.2, 0) is 14.6 Å².